The van der Waals surface area contributed by atoms with Crippen molar-refractivity contribution in [2.75, 3.05) is 18.4 Å². The average Bonchev–Trinajstić information content (AvgIpc) is 2.84. The number of hydrogen-bond donors (Lipinski definition) is 2. The molecule has 0 aromatic heterocycles. The van der Waals surface area contributed by atoms with Crippen molar-refractivity contribution in [3.8, 4) is 0 Å². The molecular formula is C26H29N3O4S. The number of amides is 2. The van der Waals surface area contributed by atoms with Gasteiger partial charge in [-0.15, -0.1) is 0 Å². The van der Waals surface area contributed by atoms with Crippen LogP contribution in [0.15, 0.2) is 77.7 Å². The summed E-state index contributed by atoms with van der Waals surface area (Å²) in [6.45, 7) is 6.88. The first-order valence-electron chi connectivity index (χ1n) is 11.1. The smallest absolute Gasteiger partial charge is 0.255 e. The number of aryl methyl sites for hydroxylation is 1. The maximum atomic E-state index is 13.0. The molecule has 0 heterocycles. The number of sulfonamides is 1. The van der Waals surface area contributed by atoms with Gasteiger partial charge in [0.05, 0.1) is 4.90 Å². The lowest BCUT2D eigenvalue weighted by atomic mass is 10.1. The van der Waals surface area contributed by atoms with Crippen molar-refractivity contribution in [3.05, 3.63) is 95.1 Å². The Balaban J connectivity index is 1.79. The quantitative estimate of drug-likeness (QED) is 0.481. The van der Waals surface area contributed by atoms with Crippen LogP contribution in [-0.4, -0.2) is 38.2 Å². The van der Waals surface area contributed by atoms with Crippen LogP contribution < -0.4 is 10.0 Å². The molecule has 178 valence electrons. The predicted octanol–water partition coefficient (Wildman–Crippen LogP) is 4.21. The number of carbonyl (C=O) groups is 2. The Morgan fingerprint density at radius 2 is 1.59 bits per heavy atom. The fraction of sp³-hybridized carbons (Fsp3) is 0.231. The molecule has 0 aliphatic rings. The minimum atomic E-state index is -3.82. The van der Waals surface area contributed by atoms with E-state index in [0.29, 0.717) is 29.9 Å². The van der Waals surface area contributed by atoms with E-state index in [2.05, 4.69) is 10.0 Å². The molecule has 0 fully saturated rings. The van der Waals surface area contributed by atoms with Gasteiger partial charge in [-0.2, -0.15) is 0 Å². The van der Waals surface area contributed by atoms with E-state index < -0.39 is 15.9 Å². The summed E-state index contributed by atoms with van der Waals surface area (Å²) in [5, 5.41) is 2.78. The van der Waals surface area contributed by atoms with Gasteiger partial charge in [-0.25, -0.2) is 13.1 Å². The molecule has 7 nitrogen and oxygen atoms in total. The lowest BCUT2D eigenvalue weighted by Gasteiger charge is -2.19. The van der Waals surface area contributed by atoms with E-state index >= 15 is 0 Å². The van der Waals surface area contributed by atoms with Crippen molar-refractivity contribution in [2.24, 2.45) is 0 Å². The van der Waals surface area contributed by atoms with Crippen LogP contribution in [0.2, 0.25) is 0 Å². The van der Waals surface area contributed by atoms with Gasteiger partial charge >= 0.3 is 0 Å². The van der Waals surface area contributed by atoms with Gasteiger partial charge < -0.3 is 10.2 Å². The Morgan fingerprint density at radius 1 is 0.882 bits per heavy atom. The third kappa shape index (κ3) is 6.09. The second-order valence-electron chi connectivity index (χ2n) is 7.80. The molecule has 3 rings (SSSR count). The van der Waals surface area contributed by atoms with Gasteiger partial charge in [0.15, 0.2) is 0 Å². The molecule has 0 atom stereocenters. The molecule has 2 amide bonds. The van der Waals surface area contributed by atoms with Gasteiger partial charge in [0.25, 0.3) is 11.8 Å². The maximum Gasteiger partial charge on any atom is 0.255 e. The lowest BCUT2D eigenvalue weighted by Crippen LogP contribution is -2.30. The summed E-state index contributed by atoms with van der Waals surface area (Å²) in [5.74, 6) is -0.570. The van der Waals surface area contributed by atoms with Crippen molar-refractivity contribution < 1.29 is 18.0 Å². The topological polar surface area (TPSA) is 95.6 Å². The summed E-state index contributed by atoms with van der Waals surface area (Å²) in [5.41, 5.74) is 2.63. The van der Waals surface area contributed by atoms with Crippen LogP contribution in [0.5, 0.6) is 0 Å². The van der Waals surface area contributed by atoms with Crippen LogP contribution in [0, 0.1) is 6.92 Å². The zero-order valence-electron chi connectivity index (χ0n) is 19.5. The largest absolute Gasteiger partial charge is 0.339 e. The molecule has 0 radical (unpaired) electrons. The fourth-order valence-corrected chi connectivity index (χ4v) is 4.54. The Hall–Kier alpha value is -3.49. The number of rotatable bonds is 9. The molecule has 0 bridgehead atoms. The van der Waals surface area contributed by atoms with Gasteiger partial charge in [0.1, 0.15) is 0 Å². The van der Waals surface area contributed by atoms with E-state index in [0.717, 1.165) is 5.56 Å². The summed E-state index contributed by atoms with van der Waals surface area (Å²) in [6, 6.07) is 20.3. The lowest BCUT2D eigenvalue weighted by molar-refractivity contribution is 0.0772. The maximum absolute atomic E-state index is 13.0. The summed E-state index contributed by atoms with van der Waals surface area (Å²) >= 11 is 0. The fourth-order valence-electron chi connectivity index (χ4n) is 3.49. The van der Waals surface area contributed by atoms with Gasteiger partial charge in [-0.05, 0) is 62.2 Å². The molecule has 3 aromatic rings. The highest BCUT2D eigenvalue weighted by Gasteiger charge is 2.19. The van der Waals surface area contributed by atoms with Crippen LogP contribution in [-0.2, 0) is 16.6 Å². The van der Waals surface area contributed by atoms with Gasteiger partial charge in [-0.3, -0.25) is 9.59 Å². The van der Waals surface area contributed by atoms with E-state index in [1.807, 2.05) is 44.2 Å². The van der Waals surface area contributed by atoms with E-state index in [9.17, 15) is 18.0 Å². The summed E-state index contributed by atoms with van der Waals surface area (Å²) in [4.78, 5) is 27.3. The Labute approximate surface area is 200 Å². The molecule has 0 aliphatic heterocycles. The first-order valence-corrected chi connectivity index (χ1v) is 12.6. The number of nitrogens with one attached hydrogen (secondary N) is 2. The van der Waals surface area contributed by atoms with Crippen LogP contribution in [0.4, 0.5) is 5.69 Å². The molecule has 3 aromatic carbocycles. The molecule has 0 aliphatic carbocycles. The number of benzene rings is 3. The van der Waals surface area contributed by atoms with Gasteiger partial charge in [-0.1, -0.05) is 42.5 Å². The standard InChI is InChI=1S/C26H29N3O4S/c1-4-29(5-2)26(31)21-12-9-13-22(16-21)28-25(30)24-17-23(15-14-19(24)3)34(32,33)27-18-20-10-7-6-8-11-20/h6-17,27H,4-5,18H2,1-3H3,(H,28,30). The summed E-state index contributed by atoms with van der Waals surface area (Å²) < 4.78 is 28.2. The van der Waals surface area contributed by atoms with E-state index in [4.69, 9.17) is 0 Å². The highest BCUT2D eigenvalue weighted by Crippen LogP contribution is 2.19. The Kier molecular flexibility index (Phi) is 8.20. The first kappa shape index (κ1) is 25.1. The second kappa shape index (κ2) is 11.1. The van der Waals surface area contributed by atoms with Crippen molar-refractivity contribution in [1.29, 1.82) is 0 Å². The van der Waals surface area contributed by atoms with Crippen LogP contribution in [0.25, 0.3) is 0 Å². The molecule has 2 N–H and O–H groups in total. The number of carbonyl (C=O) groups excluding carboxylic acids is 2. The molecule has 34 heavy (non-hydrogen) atoms. The minimum absolute atomic E-state index is 0.00430. The van der Waals surface area contributed by atoms with E-state index in [-0.39, 0.29) is 22.9 Å². The highest BCUT2D eigenvalue weighted by molar-refractivity contribution is 7.89. The predicted molar refractivity (Wildman–Crippen MR) is 133 cm³/mol. The first-order chi connectivity index (χ1) is 16.2. The zero-order chi connectivity index (χ0) is 24.7. The van der Waals surface area contributed by atoms with Crippen molar-refractivity contribution in [2.45, 2.75) is 32.2 Å². The number of nitrogens with zero attached hydrogens (tertiary/aromatic N) is 1. The van der Waals surface area contributed by atoms with Crippen LogP contribution >= 0.6 is 0 Å². The Bertz CT molecular complexity index is 1270. The van der Waals surface area contributed by atoms with Crippen molar-refractivity contribution >= 4 is 27.5 Å². The molecule has 0 spiro atoms. The van der Waals surface area contributed by atoms with E-state index in [1.54, 1.807) is 42.2 Å². The summed E-state index contributed by atoms with van der Waals surface area (Å²) in [7, 11) is -3.82. The zero-order valence-corrected chi connectivity index (χ0v) is 20.4. The molecular weight excluding hydrogens is 450 g/mol. The molecule has 0 unspecified atom stereocenters. The Morgan fingerprint density at radius 3 is 2.26 bits per heavy atom. The van der Waals surface area contributed by atoms with E-state index in [1.165, 1.54) is 12.1 Å². The van der Waals surface area contributed by atoms with Crippen molar-refractivity contribution in [3.63, 3.8) is 0 Å². The SMILES string of the molecule is CCN(CC)C(=O)c1cccc(NC(=O)c2cc(S(=O)(=O)NCc3ccccc3)ccc2C)c1. The van der Waals surface area contributed by atoms with Crippen LogP contribution in [0.1, 0.15) is 45.7 Å². The molecule has 0 saturated heterocycles. The average molecular weight is 480 g/mol. The minimum Gasteiger partial charge on any atom is -0.339 e. The van der Waals surface area contributed by atoms with Crippen molar-refractivity contribution in [1.82, 2.24) is 9.62 Å². The van der Waals surface area contributed by atoms with Crippen LogP contribution in [0.3, 0.4) is 0 Å². The van der Waals surface area contributed by atoms with Gasteiger partial charge in [0.2, 0.25) is 10.0 Å². The monoisotopic (exact) mass is 479 g/mol. The second-order valence-corrected chi connectivity index (χ2v) is 9.57. The third-order valence-corrected chi connectivity index (χ3v) is 6.89. The highest BCUT2D eigenvalue weighted by atomic mass is 32.2. The normalized spacial score (nSPS) is 11.1. The number of hydrogen-bond acceptors (Lipinski definition) is 4. The number of anilines is 1. The third-order valence-electron chi connectivity index (χ3n) is 5.49. The van der Waals surface area contributed by atoms with Gasteiger partial charge in [0, 0.05) is 36.4 Å². The molecule has 8 heteroatoms. The summed E-state index contributed by atoms with van der Waals surface area (Å²) in [6.07, 6.45) is 0. The molecule has 0 saturated carbocycles.